The van der Waals surface area contributed by atoms with Crippen LogP contribution in [0.15, 0.2) is 16.9 Å². The first-order valence-corrected chi connectivity index (χ1v) is 7.37. The quantitative estimate of drug-likeness (QED) is 0.801. The summed E-state index contributed by atoms with van der Waals surface area (Å²) in [7, 11) is 0. The maximum absolute atomic E-state index is 12.3. The number of carbonyl (C=O) groups excluding carboxylic acids is 1. The topological polar surface area (TPSA) is 72.1 Å². The van der Waals surface area contributed by atoms with Gasteiger partial charge in [-0.3, -0.25) is 9.36 Å². The molecule has 1 fully saturated rings. The lowest BCUT2D eigenvalue weighted by Crippen LogP contribution is -2.34. The van der Waals surface area contributed by atoms with E-state index in [1.165, 1.54) is 17.1 Å². The van der Waals surface area contributed by atoms with Crippen molar-refractivity contribution >= 4 is 5.97 Å². The molecule has 1 aromatic heterocycles. The smallest absolute Gasteiger partial charge is 0.329 e. The van der Waals surface area contributed by atoms with Crippen LogP contribution >= 0.6 is 0 Å². The minimum Gasteiger partial charge on any atom is -0.461 e. The normalized spacial score (nSPS) is 17.0. The number of esters is 1. The molecule has 1 aliphatic rings. The van der Waals surface area contributed by atoms with Crippen LogP contribution in [0.5, 0.6) is 0 Å². The Morgan fingerprint density at radius 2 is 2.05 bits per heavy atom. The highest BCUT2D eigenvalue weighted by Gasteiger charge is 2.24. The molecule has 2 rings (SSSR count). The second-order valence-electron chi connectivity index (χ2n) is 5.55. The van der Waals surface area contributed by atoms with Crippen molar-refractivity contribution in [2.24, 2.45) is 0 Å². The first kappa shape index (κ1) is 15.3. The highest BCUT2D eigenvalue weighted by molar-refractivity contribution is 5.74. The van der Waals surface area contributed by atoms with Crippen molar-refractivity contribution < 1.29 is 9.53 Å². The second-order valence-corrected chi connectivity index (χ2v) is 5.55. The molecule has 0 amide bonds. The fourth-order valence-electron chi connectivity index (χ4n) is 2.76. The zero-order valence-corrected chi connectivity index (χ0v) is 12.5. The molecule has 0 N–H and O–H groups in total. The Bertz CT molecular complexity index is 621. The first-order chi connectivity index (χ1) is 10.0. The predicted octanol–water partition coefficient (Wildman–Crippen LogP) is 2.47. The van der Waals surface area contributed by atoms with Crippen LogP contribution in [0, 0.1) is 18.3 Å². The van der Waals surface area contributed by atoms with E-state index < -0.39 is 17.6 Å². The highest BCUT2D eigenvalue weighted by Crippen LogP contribution is 2.22. The van der Waals surface area contributed by atoms with Gasteiger partial charge in [0.25, 0.3) is 5.56 Å². The lowest BCUT2D eigenvalue weighted by atomic mass is 9.98. The summed E-state index contributed by atoms with van der Waals surface area (Å²) in [5.41, 5.74) is 0.246. The third kappa shape index (κ3) is 3.33. The largest absolute Gasteiger partial charge is 0.461 e. The van der Waals surface area contributed by atoms with Gasteiger partial charge in [0.1, 0.15) is 23.8 Å². The predicted molar refractivity (Wildman–Crippen MR) is 77.8 cm³/mol. The SMILES string of the molecule is Cc1ccc(C#N)c(=O)n1C(C)C(=O)OC1CCCCC1. The number of hydrogen-bond donors (Lipinski definition) is 0. The Labute approximate surface area is 124 Å². The molecule has 0 aliphatic heterocycles. The number of nitriles is 1. The number of pyridine rings is 1. The van der Waals surface area contributed by atoms with Gasteiger partial charge in [-0.25, -0.2) is 4.79 Å². The Morgan fingerprint density at radius 3 is 2.67 bits per heavy atom. The number of nitrogens with zero attached hydrogens (tertiary/aromatic N) is 2. The van der Waals surface area contributed by atoms with Gasteiger partial charge >= 0.3 is 5.97 Å². The van der Waals surface area contributed by atoms with Gasteiger partial charge in [0, 0.05) is 5.69 Å². The number of ether oxygens (including phenoxy) is 1. The highest BCUT2D eigenvalue weighted by atomic mass is 16.5. The minimum atomic E-state index is -0.715. The van der Waals surface area contributed by atoms with Crippen molar-refractivity contribution in [3.05, 3.63) is 33.7 Å². The summed E-state index contributed by atoms with van der Waals surface area (Å²) in [6.45, 7) is 3.38. The first-order valence-electron chi connectivity index (χ1n) is 7.37. The third-order valence-corrected chi connectivity index (χ3v) is 4.00. The van der Waals surface area contributed by atoms with Crippen molar-refractivity contribution in [2.45, 2.75) is 58.1 Å². The average molecular weight is 288 g/mol. The number of hydrogen-bond acceptors (Lipinski definition) is 4. The van der Waals surface area contributed by atoms with Crippen LogP contribution in [0.1, 0.15) is 56.3 Å². The third-order valence-electron chi connectivity index (χ3n) is 4.00. The maximum Gasteiger partial charge on any atom is 0.329 e. The van der Waals surface area contributed by atoms with Crippen molar-refractivity contribution in [1.82, 2.24) is 4.57 Å². The van der Waals surface area contributed by atoms with E-state index in [0.29, 0.717) is 5.69 Å². The van der Waals surface area contributed by atoms with Gasteiger partial charge in [-0.1, -0.05) is 6.42 Å². The minimum absolute atomic E-state index is 0.0381. The number of carbonyl (C=O) groups is 1. The van der Waals surface area contributed by atoms with Crippen LogP contribution in [0.25, 0.3) is 0 Å². The van der Waals surface area contributed by atoms with E-state index in [1.807, 2.05) is 6.07 Å². The van der Waals surface area contributed by atoms with E-state index >= 15 is 0 Å². The molecule has 0 radical (unpaired) electrons. The van der Waals surface area contributed by atoms with Gasteiger partial charge < -0.3 is 4.74 Å². The van der Waals surface area contributed by atoms with Crippen molar-refractivity contribution in [3.8, 4) is 6.07 Å². The number of aromatic nitrogens is 1. The van der Waals surface area contributed by atoms with Crippen molar-refractivity contribution in [3.63, 3.8) is 0 Å². The number of rotatable bonds is 3. The van der Waals surface area contributed by atoms with Gasteiger partial charge in [0.05, 0.1) is 0 Å². The molecule has 1 aromatic rings. The molecule has 1 saturated carbocycles. The Balaban J connectivity index is 2.19. The molecule has 1 atom stereocenters. The molecule has 112 valence electrons. The summed E-state index contributed by atoms with van der Waals surface area (Å²) in [5, 5.41) is 8.94. The molecule has 0 spiro atoms. The summed E-state index contributed by atoms with van der Waals surface area (Å²) in [6, 6.07) is 4.29. The molecule has 21 heavy (non-hydrogen) atoms. The van der Waals surface area contributed by atoms with E-state index in [1.54, 1.807) is 19.9 Å². The Hall–Kier alpha value is -2.09. The lowest BCUT2D eigenvalue weighted by molar-refractivity contribution is -0.154. The molecule has 0 aromatic carbocycles. The zero-order chi connectivity index (χ0) is 15.4. The maximum atomic E-state index is 12.3. The van der Waals surface area contributed by atoms with Gasteiger partial charge in [-0.15, -0.1) is 0 Å². The van der Waals surface area contributed by atoms with E-state index in [4.69, 9.17) is 10.00 Å². The molecule has 1 heterocycles. The van der Waals surface area contributed by atoms with Crippen molar-refractivity contribution in [1.29, 1.82) is 5.26 Å². The van der Waals surface area contributed by atoms with Crippen LogP contribution in [0.2, 0.25) is 0 Å². The molecular weight excluding hydrogens is 268 g/mol. The van der Waals surface area contributed by atoms with Crippen molar-refractivity contribution in [2.75, 3.05) is 0 Å². The summed E-state index contributed by atoms with van der Waals surface area (Å²) < 4.78 is 6.85. The molecular formula is C16H20N2O3. The number of aryl methyl sites for hydroxylation is 1. The molecule has 5 nitrogen and oxygen atoms in total. The van der Waals surface area contributed by atoms with Gasteiger partial charge in [-0.2, -0.15) is 5.26 Å². The van der Waals surface area contributed by atoms with Crippen LogP contribution in [-0.4, -0.2) is 16.6 Å². The van der Waals surface area contributed by atoms with E-state index in [-0.39, 0.29) is 11.7 Å². The molecule has 1 aliphatic carbocycles. The molecule has 5 heteroatoms. The standard InChI is InChI=1S/C16H20N2O3/c1-11-8-9-13(10-17)15(19)18(11)12(2)16(20)21-14-6-4-3-5-7-14/h8-9,12,14H,3-7H2,1-2H3. The van der Waals surface area contributed by atoms with Gasteiger partial charge in [0.2, 0.25) is 0 Å². The van der Waals surface area contributed by atoms with Gasteiger partial charge in [0.15, 0.2) is 0 Å². The fraction of sp³-hybridized carbons (Fsp3) is 0.562. The summed E-state index contributed by atoms with van der Waals surface area (Å²) in [4.78, 5) is 24.4. The molecule has 0 bridgehead atoms. The van der Waals surface area contributed by atoms with E-state index in [9.17, 15) is 9.59 Å². The Kier molecular flexibility index (Phi) is 4.79. The molecule has 0 saturated heterocycles. The van der Waals surface area contributed by atoms with Crippen LogP contribution in [0.3, 0.4) is 0 Å². The van der Waals surface area contributed by atoms with E-state index in [0.717, 1.165) is 25.7 Å². The Morgan fingerprint density at radius 1 is 1.38 bits per heavy atom. The summed E-state index contributed by atoms with van der Waals surface area (Å²) >= 11 is 0. The van der Waals surface area contributed by atoms with Gasteiger partial charge in [-0.05, 0) is 51.7 Å². The fourth-order valence-corrected chi connectivity index (χ4v) is 2.76. The summed E-state index contributed by atoms with van der Waals surface area (Å²) in [5.74, 6) is -0.401. The van der Waals surface area contributed by atoms with Crippen LogP contribution in [0.4, 0.5) is 0 Å². The van der Waals surface area contributed by atoms with E-state index in [2.05, 4.69) is 0 Å². The zero-order valence-electron chi connectivity index (χ0n) is 12.5. The lowest BCUT2D eigenvalue weighted by Gasteiger charge is -2.24. The average Bonchev–Trinajstić information content (AvgIpc) is 2.48. The van der Waals surface area contributed by atoms with Crippen LogP contribution in [-0.2, 0) is 9.53 Å². The molecule has 1 unspecified atom stereocenters. The monoisotopic (exact) mass is 288 g/mol. The summed E-state index contributed by atoms with van der Waals surface area (Å²) in [6.07, 6.45) is 5.09. The van der Waals surface area contributed by atoms with Crippen LogP contribution < -0.4 is 5.56 Å². The second kappa shape index (κ2) is 6.57.